The number of rotatable bonds is 14. The van der Waals surface area contributed by atoms with Crippen LogP contribution in [0.15, 0.2) is 49.1 Å². The first-order chi connectivity index (χ1) is 30.0. The van der Waals surface area contributed by atoms with Gasteiger partial charge in [-0.2, -0.15) is 10.2 Å². The summed E-state index contributed by atoms with van der Waals surface area (Å²) < 4.78 is 31.2. The highest BCUT2D eigenvalue weighted by atomic mass is 16.6. The zero-order chi connectivity index (χ0) is 43.0. The average Bonchev–Trinajstić information content (AvgIpc) is 3.76. The first-order valence-corrected chi connectivity index (χ1v) is 20.5. The van der Waals surface area contributed by atoms with Gasteiger partial charge in [-0.05, 0) is 51.7 Å². The van der Waals surface area contributed by atoms with Gasteiger partial charge in [-0.15, -0.1) is 0 Å². The molecule has 0 unspecified atom stereocenters. The van der Waals surface area contributed by atoms with Gasteiger partial charge < -0.3 is 44.7 Å². The number of ether oxygens (including phenoxy) is 5. The molecule has 0 bridgehead atoms. The van der Waals surface area contributed by atoms with E-state index in [-0.39, 0.29) is 41.5 Å². The van der Waals surface area contributed by atoms with Crippen LogP contribution in [-0.2, 0) is 36.9 Å². The Bertz CT molecular complexity index is 2540. The Labute approximate surface area is 355 Å². The number of amides is 2. The van der Waals surface area contributed by atoms with Gasteiger partial charge >= 0.3 is 12.2 Å². The summed E-state index contributed by atoms with van der Waals surface area (Å²) in [5, 5.41) is 33.6. The van der Waals surface area contributed by atoms with Gasteiger partial charge in [0.1, 0.15) is 29.6 Å². The van der Waals surface area contributed by atoms with Crippen LogP contribution in [0.5, 0.6) is 0 Å². The summed E-state index contributed by atoms with van der Waals surface area (Å²) in [6.45, 7) is 5.59. The van der Waals surface area contributed by atoms with Crippen molar-refractivity contribution in [2.75, 3.05) is 38.1 Å². The van der Waals surface area contributed by atoms with Crippen LogP contribution in [0.4, 0.5) is 33.1 Å². The summed E-state index contributed by atoms with van der Waals surface area (Å²) in [6.07, 6.45) is 10.1. The maximum atomic E-state index is 12.0. The van der Waals surface area contributed by atoms with Crippen LogP contribution in [0.2, 0.25) is 0 Å². The number of nitrogens with zero attached hydrogens (tertiary/aromatic N) is 9. The first-order valence-electron chi connectivity index (χ1n) is 20.5. The summed E-state index contributed by atoms with van der Waals surface area (Å²) >= 11 is 0. The Morgan fingerprint density at radius 1 is 0.839 bits per heavy atom. The van der Waals surface area contributed by atoms with Crippen LogP contribution >= 0.6 is 0 Å². The number of hydrogen-bond acceptors (Lipinski definition) is 15. The number of carboxylic acid groups (broad SMARTS) is 1. The summed E-state index contributed by atoms with van der Waals surface area (Å²) in [5.74, 6) is 2.36. The molecule has 6 aromatic rings. The zero-order valence-electron chi connectivity index (χ0n) is 34.8. The van der Waals surface area contributed by atoms with E-state index in [0.29, 0.717) is 62.8 Å². The molecule has 2 saturated heterocycles. The molecule has 22 nitrogen and oxygen atoms in total. The van der Waals surface area contributed by atoms with Crippen LogP contribution < -0.4 is 16.0 Å². The van der Waals surface area contributed by atoms with Crippen LogP contribution in [0.25, 0.3) is 11.3 Å². The minimum Gasteiger partial charge on any atom is -0.465 e. The molecule has 0 radical (unpaired) electrons. The molecule has 8 heterocycles. The molecule has 22 heteroatoms. The SMILES string of the molecule is COCc1cn2c(Nc3cc([C@@H]4C[C@@H](N(C(=O)O)C5(C)CC5)CO4)[nH]n3)nccc2n1.COCc1cn2c(Nc3cc([C@H]4C[C@@H](OC(=O)NC5(C)CC5)CO4)[nH]n3)nccc2n1. The van der Waals surface area contributed by atoms with Gasteiger partial charge in [0, 0.05) is 75.1 Å². The maximum absolute atomic E-state index is 12.0. The van der Waals surface area contributed by atoms with Gasteiger partial charge in [-0.25, -0.2) is 29.5 Å². The standard InChI is InChI=1S/2C20H25N7O4/c1-20(4-5-20)24-19(28)31-13-7-15(30-11-13)14-8-16(26-25-14)23-18-21-6-3-17-22-12(10-29-2)9-27(17)18;1-20(4-5-20)27(19(28)29)13-7-15(31-11-13)14-8-16(25-24-14)23-18-21-6-3-17-22-12(10-30-2)9-26(17)18/h3,6,8-9,13,15H,4-5,7,10-11H2,1-2H3,(H,24,28)(H2,21,23,25,26);3,6,8-9,13,15H,4-5,7,10-11H2,1-2H3,(H,28,29)(H2,21,23,24,25)/t13-,15-;13-,15+/m11/s1. The molecule has 6 N–H and O–H groups in total. The van der Waals surface area contributed by atoms with Crippen molar-refractivity contribution in [1.29, 1.82) is 0 Å². The largest absolute Gasteiger partial charge is 0.465 e. The molecule has 0 spiro atoms. The van der Waals surface area contributed by atoms with Gasteiger partial charge in [0.15, 0.2) is 11.6 Å². The number of aromatic amines is 2. The van der Waals surface area contributed by atoms with E-state index in [2.05, 4.69) is 56.3 Å². The lowest BCUT2D eigenvalue weighted by molar-refractivity contribution is 0.0675. The molecule has 2 saturated carbocycles. The van der Waals surface area contributed by atoms with Crippen molar-refractivity contribution >= 4 is 47.0 Å². The molecule has 328 valence electrons. The fourth-order valence-electron chi connectivity index (χ4n) is 7.81. The Hall–Kier alpha value is -6.36. The van der Waals surface area contributed by atoms with E-state index in [0.717, 1.165) is 59.8 Å². The number of H-pyrrole nitrogens is 2. The van der Waals surface area contributed by atoms with Crippen LogP contribution in [0, 0.1) is 0 Å². The highest BCUT2D eigenvalue weighted by Crippen LogP contribution is 2.45. The third-order valence-corrected chi connectivity index (χ3v) is 11.6. The molecule has 6 aromatic heterocycles. The monoisotopic (exact) mass is 854 g/mol. The summed E-state index contributed by atoms with van der Waals surface area (Å²) in [6, 6.07) is 7.22. The molecular formula is C40H50N14O8. The van der Waals surface area contributed by atoms with Gasteiger partial charge in [0.05, 0.1) is 55.2 Å². The lowest BCUT2D eigenvalue weighted by Crippen LogP contribution is -2.47. The topological polar surface area (TPSA) is 258 Å². The number of alkyl carbamates (subject to hydrolysis) is 1. The highest BCUT2D eigenvalue weighted by Gasteiger charge is 2.51. The quantitative estimate of drug-likeness (QED) is 0.0827. The van der Waals surface area contributed by atoms with E-state index < -0.39 is 6.09 Å². The molecule has 2 amide bonds. The number of carbonyl (C=O) groups is 2. The molecule has 2 aliphatic carbocycles. The van der Waals surface area contributed by atoms with E-state index in [4.69, 9.17) is 23.7 Å². The molecule has 4 atom stereocenters. The van der Waals surface area contributed by atoms with Gasteiger partial charge in [0.25, 0.3) is 0 Å². The molecular weight excluding hydrogens is 805 g/mol. The fraction of sp³-hybridized carbons (Fsp3) is 0.500. The van der Waals surface area contributed by atoms with Gasteiger partial charge in [-0.1, -0.05) is 0 Å². The van der Waals surface area contributed by atoms with Crippen molar-refractivity contribution in [2.24, 2.45) is 0 Å². The van der Waals surface area contributed by atoms with E-state index in [1.807, 2.05) is 59.3 Å². The number of aromatic nitrogens is 10. The fourth-order valence-corrected chi connectivity index (χ4v) is 7.81. The van der Waals surface area contributed by atoms with Crippen molar-refractivity contribution in [3.63, 3.8) is 0 Å². The second kappa shape index (κ2) is 16.8. The van der Waals surface area contributed by atoms with E-state index in [1.54, 1.807) is 31.5 Å². The van der Waals surface area contributed by atoms with Crippen LogP contribution in [0.1, 0.15) is 87.4 Å². The van der Waals surface area contributed by atoms with Crippen LogP contribution in [0.3, 0.4) is 0 Å². The predicted octanol–water partition coefficient (Wildman–Crippen LogP) is 5.16. The Morgan fingerprint density at radius 3 is 1.90 bits per heavy atom. The third-order valence-electron chi connectivity index (χ3n) is 11.6. The molecule has 0 aromatic carbocycles. The van der Waals surface area contributed by atoms with Crippen molar-refractivity contribution in [1.82, 2.24) is 59.3 Å². The Balaban J connectivity index is 0.000000158. The van der Waals surface area contributed by atoms with Gasteiger partial charge in [-0.3, -0.25) is 23.9 Å². The summed E-state index contributed by atoms with van der Waals surface area (Å²) in [4.78, 5) is 43.1. The lowest BCUT2D eigenvalue weighted by Gasteiger charge is -2.31. The van der Waals surface area contributed by atoms with Crippen molar-refractivity contribution < 1.29 is 38.4 Å². The molecule has 4 aliphatic rings. The van der Waals surface area contributed by atoms with Gasteiger partial charge in [0.2, 0.25) is 11.9 Å². The average molecular weight is 855 g/mol. The minimum atomic E-state index is -0.881. The Morgan fingerprint density at radius 2 is 1.39 bits per heavy atom. The number of nitrogens with one attached hydrogen (secondary N) is 5. The summed E-state index contributed by atoms with van der Waals surface area (Å²) in [7, 11) is 3.26. The predicted molar refractivity (Wildman–Crippen MR) is 220 cm³/mol. The second-order valence-electron chi connectivity index (χ2n) is 16.6. The number of methoxy groups -OCH3 is 2. The minimum absolute atomic E-state index is 0.101. The van der Waals surface area contributed by atoms with E-state index >= 15 is 0 Å². The number of anilines is 4. The zero-order valence-corrected chi connectivity index (χ0v) is 34.8. The van der Waals surface area contributed by atoms with Crippen LogP contribution in [-0.4, -0.2) is 122 Å². The van der Waals surface area contributed by atoms with Crippen molar-refractivity contribution in [2.45, 2.75) is 101 Å². The number of hydrogen-bond donors (Lipinski definition) is 6. The number of fused-ring (bicyclic) bond motifs is 2. The molecule has 4 fully saturated rings. The summed E-state index contributed by atoms with van der Waals surface area (Å²) in [5.41, 5.74) is 4.38. The maximum Gasteiger partial charge on any atom is 0.408 e. The molecule has 62 heavy (non-hydrogen) atoms. The van der Waals surface area contributed by atoms with E-state index in [9.17, 15) is 14.7 Å². The molecule has 2 aliphatic heterocycles. The normalized spacial score (nSPS) is 21.9. The lowest BCUT2D eigenvalue weighted by atomic mass is 10.1. The highest BCUT2D eigenvalue weighted by molar-refractivity contribution is 5.69. The smallest absolute Gasteiger partial charge is 0.408 e. The molecule has 10 rings (SSSR count). The Kier molecular flexibility index (Phi) is 11.1. The number of carbonyl (C=O) groups excluding carboxylic acids is 1. The second-order valence-corrected chi connectivity index (χ2v) is 16.6. The van der Waals surface area contributed by atoms with Crippen molar-refractivity contribution in [3.05, 3.63) is 71.8 Å². The van der Waals surface area contributed by atoms with Crippen molar-refractivity contribution in [3.8, 4) is 0 Å². The van der Waals surface area contributed by atoms with E-state index in [1.165, 1.54) is 0 Å². The first kappa shape index (κ1) is 41.0. The third kappa shape index (κ3) is 8.98. The number of imidazole rings is 2.